The highest BCUT2D eigenvalue weighted by Gasteiger charge is 2.33. The molecule has 0 fully saturated rings. The van der Waals surface area contributed by atoms with Crippen LogP contribution in [0.1, 0.15) is 62.9 Å². The fraction of sp³-hybridized carbons (Fsp3) is 0.435. The van der Waals surface area contributed by atoms with Gasteiger partial charge in [-0.3, -0.25) is 0 Å². The van der Waals surface area contributed by atoms with Crippen molar-refractivity contribution in [2.75, 3.05) is 14.2 Å². The largest absolute Gasteiger partial charge is 0.496 e. The second-order valence-corrected chi connectivity index (χ2v) is 7.56. The van der Waals surface area contributed by atoms with E-state index in [0.29, 0.717) is 11.3 Å². The molecule has 0 atom stereocenters. The summed E-state index contributed by atoms with van der Waals surface area (Å²) in [5, 5.41) is 0. The van der Waals surface area contributed by atoms with Crippen molar-refractivity contribution in [3.8, 4) is 5.75 Å². The Balaban J connectivity index is 2.75. The third-order valence-corrected chi connectivity index (χ3v) is 5.30. The van der Waals surface area contributed by atoms with Gasteiger partial charge in [-0.15, -0.1) is 0 Å². The maximum atomic E-state index is 11.9. The smallest absolute Gasteiger partial charge is 0.337 e. The maximum Gasteiger partial charge on any atom is 0.337 e. The van der Waals surface area contributed by atoms with Crippen LogP contribution < -0.4 is 4.74 Å². The Morgan fingerprint density at radius 3 is 2.50 bits per heavy atom. The van der Waals surface area contributed by atoms with Gasteiger partial charge >= 0.3 is 5.97 Å². The molecule has 2 rings (SSSR count). The van der Waals surface area contributed by atoms with Crippen LogP contribution in [0.5, 0.6) is 5.75 Å². The van der Waals surface area contributed by atoms with Crippen LogP contribution in [0.15, 0.2) is 47.6 Å². The molecule has 140 valence electrons. The summed E-state index contributed by atoms with van der Waals surface area (Å²) in [6.07, 6.45) is 5.36. The molecule has 0 spiro atoms. The Morgan fingerprint density at radius 1 is 1.27 bits per heavy atom. The van der Waals surface area contributed by atoms with Gasteiger partial charge in [0.05, 0.1) is 19.8 Å². The minimum atomic E-state index is -0.366. The van der Waals surface area contributed by atoms with Gasteiger partial charge in [0.15, 0.2) is 0 Å². The summed E-state index contributed by atoms with van der Waals surface area (Å²) in [5.74, 6) is 0.306. The lowest BCUT2D eigenvalue weighted by atomic mass is 9.68. The molecule has 0 N–H and O–H groups in total. The van der Waals surface area contributed by atoms with Crippen molar-refractivity contribution < 1.29 is 14.3 Å². The van der Waals surface area contributed by atoms with Crippen LogP contribution in [0.3, 0.4) is 0 Å². The number of carbonyl (C=O) groups excluding carboxylic acids is 1. The van der Waals surface area contributed by atoms with Gasteiger partial charge in [-0.2, -0.15) is 0 Å². The summed E-state index contributed by atoms with van der Waals surface area (Å²) < 4.78 is 10.5. The van der Waals surface area contributed by atoms with Gasteiger partial charge in [-0.25, -0.2) is 4.79 Å². The number of ether oxygens (including phenoxy) is 2. The lowest BCUT2D eigenvalue weighted by Gasteiger charge is -2.37. The van der Waals surface area contributed by atoms with E-state index < -0.39 is 0 Å². The third kappa shape index (κ3) is 3.77. The van der Waals surface area contributed by atoms with Crippen LogP contribution in [0.2, 0.25) is 0 Å². The van der Waals surface area contributed by atoms with E-state index in [4.69, 9.17) is 9.47 Å². The fourth-order valence-electron chi connectivity index (χ4n) is 3.96. The van der Waals surface area contributed by atoms with Crippen LogP contribution in [-0.2, 0) is 4.74 Å². The summed E-state index contributed by atoms with van der Waals surface area (Å²) in [4.78, 5) is 11.9. The number of methoxy groups -OCH3 is 2. The number of rotatable bonds is 5. The monoisotopic (exact) mass is 354 g/mol. The molecule has 0 saturated heterocycles. The van der Waals surface area contributed by atoms with Gasteiger partial charge in [0.25, 0.3) is 0 Å². The molecule has 1 aromatic rings. The van der Waals surface area contributed by atoms with Crippen LogP contribution in [0, 0.1) is 5.41 Å². The second kappa shape index (κ2) is 7.94. The van der Waals surface area contributed by atoms with Gasteiger partial charge in [0, 0.05) is 5.56 Å². The molecule has 0 aliphatic heterocycles. The summed E-state index contributed by atoms with van der Waals surface area (Å²) in [6, 6.07) is 5.51. The Kier molecular flexibility index (Phi) is 6.12. The van der Waals surface area contributed by atoms with Gasteiger partial charge in [0.2, 0.25) is 0 Å². The summed E-state index contributed by atoms with van der Waals surface area (Å²) in [5.41, 5.74) is 6.60. The zero-order valence-electron chi connectivity index (χ0n) is 16.9. The van der Waals surface area contributed by atoms with Crippen molar-refractivity contribution in [3.63, 3.8) is 0 Å². The SMILES string of the molecule is C=CC(C)=C(C1=C(C)CCCC1(C)C)c1ccc(C(=O)OC)cc1OC. The molecular weight excluding hydrogens is 324 g/mol. The minimum absolute atomic E-state index is 0.0773. The van der Waals surface area contributed by atoms with Gasteiger partial charge in [-0.05, 0) is 73.4 Å². The van der Waals surface area contributed by atoms with E-state index in [0.717, 1.165) is 29.6 Å². The maximum absolute atomic E-state index is 11.9. The van der Waals surface area contributed by atoms with E-state index in [1.165, 1.54) is 24.7 Å². The first-order valence-electron chi connectivity index (χ1n) is 9.07. The molecule has 0 radical (unpaired) electrons. The van der Waals surface area contributed by atoms with Crippen molar-refractivity contribution in [2.24, 2.45) is 5.41 Å². The molecule has 0 saturated carbocycles. The molecule has 1 aliphatic rings. The lowest BCUT2D eigenvalue weighted by molar-refractivity contribution is 0.0600. The van der Waals surface area contributed by atoms with Crippen LogP contribution >= 0.6 is 0 Å². The topological polar surface area (TPSA) is 35.5 Å². The number of benzene rings is 1. The van der Waals surface area contributed by atoms with E-state index in [-0.39, 0.29) is 11.4 Å². The molecule has 0 heterocycles. The van der Waals surface area contributed by atoms with Crippen molar-refractivity contribution in [1.82, 2.24) is 0 Å². The summed E-state index contributed by atoms with van der Waals surface area (Å²) in [7, 11) is 3.02. The van der Waals surface area contributed by atoms with Crippen molar-refractivity contribution in [1.29, 1.82) is 0 Å². The Labute approximate surface area is 157 Å². The van der Waals surface area contributed by atoms with E-state index in [2.05, 4.69) is 34.3 Å². The second-order valence-electron chi connectivity index (χ2n) is 7.56. The first-order valence-corrected chi connectivity index (χ1v) is 9.07. The molecule has 3 nitrogen and oxygen atoms in total. The number of carbonyl (C=O) groups is 1. The Bertz CT molecular complexity index is 779. The predicted molar refractivity (Wildman–Crippen MR) is 107 cm³/mol. The van der Waals surface area contributed by atoms with E-state index in [9.17, 15) is 4.79 Å². The fourth-order valence-corrected chi connectivity index (χ4v) is 3.96. The first-order chi connectivity index (χ1) is 12.3. The third-order valence-electron chi connectivity index (χ3n) is 5.30. The summed E-state index contributed by atoms with van der Waals surface area (Å²) in [6.45, 7) is 12.9. The van der Waals surface area contributed by atoms with Gasteiger partial charge in [0.1, 0.15) is 5.75 Å². The molecular formula is C23H30O3. The molecule has 3 heteroatoms. The van der Waals surface area contributed by atoms with Crippen LogP contribution in [-0.4, -0.2) is 20.2 Å². The van der Waals surface area contributed by atoms with Gasteiger partial charge < -0.3 is 9.47 Å². The average molecular weight is 354 g/mol. The van der Waals surface area contributed by atoms with Crippen molar-refractivity contribution in [2.45, 2.75) is 47.0 Å². The standard InChI is InChI=1S/C23H30O3/c1-8-15(2)20(21-16(3)10-9-13-23(21,4)5)18-12-11-17(22(24)26-7)14-19(18)25-6/h8,11-12,14H,1,9-10,13H2,2-7H3. The van der Waals surface area contributed by atoms with E-state index in [1.807, 2.05) is 12.1 Å². The molecule has 26 heavy (non-hydrogen) atoms. The zero-order valence-corrected chi connectivity index (χ0v) is 16.9. The predicted octanol–water partition coefficient (Wildman–Crippen LogP) is 5.97. The molecule has 0 unspecified atom stereocenters. The minimum Gasteiger partial charge on any atom is -0.496 e. The number of esters is 1. The number of allylic oxidation sites excluding steroid dienone is 5. The molecule has 0 bridgehead atoms. The highest BCUT2D eigenvalue weighted by atomic mass is 16.5. The van der Waals surface area contributed by atoms with Gasteiger partial charge in [-0.1, -0.05) is 32.1 Å². The lowest BCUT2D eigenvalue weighted by Crippen LogP contribution is -2.22. The highest BCUT2D eigenvalue weighted by Crippen LogP contribution is 2.49. The van der Waals surface area contributed by atoms with Crippen LogP contribution in [0.4, 0.5) is 0 Å². The van der Waals surface area contributed by atoms with E-state index >= 15 is 0 Å². The molecule has 1 aromatic carbocycles. The summed E-state index contributed by atoms with van der Waals surface area (Å²) >= 11 is 0. The molecule has 0 amide bonds. The zero-order chi connectivity index (χ0) is 19.5. The normalized spacial score (nSPS) is 17.5. The van der Waals surface area contributed by atoms with E-state index in [1.54, 1.807) is 19.2 Å². The Hall–Kier alpha value is -2.29. The molecule has 0 aromatic heterocycles. The Morgan fingerprint density at radius 2 is 1.96 bits per heavy atom. The number of hydrogen-bond acceptors (Lipinski definition) is 3. The van der Waals surface area contributed by atoms with Crippen LogP contribution in [0.25, 0.3) is 5.57 Å². The quantitative estimate of drug-likeness (QED) is 0.483. The molecule has 1 aliphatic carbocycles. The highest BCUT2D eigenvalue weighted by molar-refractivity contribution is 5.93. The number of hydrogen-bond donors (Lipinski definition) is 0. The van der Waals surface area contributed by atoms with Crippen molar-refractivity contribution >= 4 is 11.5 Å². The van der Waals surface area contributed by atoms with Crippen molar-refractivity contribution in [3.05, 3.63) is 58.7 Å². The average Bonchev–Trinajstić information content (AvgIpc) is 2.62. The first kappa shape index (κ1) is 20.0.